The number of hydrogen-bond donors (Lipinski definition) is 4. The molecule has 150 valence electrons. The van der Waals surface area contributed by atoms with Crippen molar-refractivity contribution in [3.05, 3.63) is 45.5 Å². The molecule has 29 heavy (non-hydrogen) atoms. The van der Waals surface area contributed by atoms with Gasteiger partial charge in [-0.15, -0.1) is 0 Å². The lowest BCUT2D eigenvalue weighted by Crippen LogP contribution is -2.28. The summed E-state index contributed by atoms with van der Waals surface area (Å²) in [4.78, 5) is 38.1. The van der Waals surface area contributed by atoms with Crippen molar-refractivity contribution in [2.24, 2.45) is 5.92 Å². The molecule has 2 atom stereocenters. The highest BCUT2D eigenvalue weighted by molar-refractivity contribution is 6.32. The Bertz CT molecular complexity index is 1120. The topological polar surface area (TPSA) is 147 Å². The third-order valence-corrected chi connectivity index (χ3v) is 5.81. The standard InChI is InChI=1S/C21H19NO7/c1-7(23)8-5-10-13(11(24)6-8)20(27)15-16(19(10)26)21(28)14-9(18(15)25)3-4-12(29-2)17(14)22/h3-4,8,11,24,26-27H,5-6,22H2,1-2H3/t8-,11-/m1/s1. The van der Waals surface area contributed by atoms with Crippen LogP contribution >= 0.6 is 0 Å². The zero-order chi connectivity index (χ0) is 21.2. The van der Waals surface area contributed by atoms with Gasteiger partial charge < -0.3 is 25.8 Å². The molecule has 0 saturated carbocycles. The molecule has 0 spiro atoms. The summed E-state index contributed by atoms with van der Waals surface area (Å²) in [7, 11) is 1.37. The number of phenols is 2. The maximum absolute atomic E-state index is 13.2. The molecular weight excluding hydrogens is 378 g/mol. The van der Waals surface area contributed by atoms with E-state index in [0.717, 1.165) is 0 Å². The second kappa shape index (κ2) is 6.31. The molecule has 2 aromatic carbocycles. The number of aromatic hydroxyl groups is 2. The van der Waals surface area contributed by atoms with E-state index in [0.29, 0.717) is 0 Å². The fraction of sp³-hybridized carbons (Fsp3) is 0.286. The van der Waals surface area contributed by atoms with Crippen LogP contribution in [-0.4, -0.2) is 39.8 Å². The quantitative estimate of drug-likeness (QED) is 0.377. The number of ketones is 3. The minimum Gasteiger partial charge on any atom is -0.507 e. The van der Waals surface area contributed by atoms with Crippen LogP contribution in [0.4, 0.5) is 5.69 Å². The van der Waals surface area contributed by atoms with E-state index < -0.39 is 35.1 Å². The van der Waals surface area contributed by atoms with Crippen molar-refractivity contribution >= 4 is 23.0 Å². The number of anilines is 1. The first kappa shape index (κ1) is 18.9. The molecule has 0 radical (unpaired) electrons. The molecule has 5 N–H and O–H groups in total. The predicted octanol–water partition coefficient (Wildman–Crippen LogP) is 1.65. The third kappa shape index (κ3) is 2.45. The van der Waals surface area contributed by atoms with Gasteiger partial charge in [-0.25, -0.2) is 0 Å². The lowest BCUT2D eigenvalue weighted by molar-refractivity contribution is -0.122. The Morgan fingerprint density at radius 3 is 2.38 bits per heavy atom. The third-order valence-electron chi connectivity index (χ3n) is 5.81. The molecule has 2 aliphatic rings. The second-order valence-corrected chi connectivity index (χ2v) is 7.36. The van der Waals surface area contributed by atoms with Crippen LogP contribution in [0.1, 0.15) is 62.4 Å². The molecule has 0 unspecified atom stereocenters. The number of fused-ring (bicyclic) bond motifs is 3. The molecule has 4 rings (SSSR count). The molecule has 0 saturated heterocycles. The predicted molar refractivity (Wildman–Crippen MR) is 101 cm³/mol. The lowest BCUT2D eigenvalue weighted by atomic mass is 9.74. The van der Waals surface area contributed by atoms with Crippen molar-refractivity contribution in [3.63, 3.8) is 0 Å². The maximum Gasteiger partial charge on any atom is 0.200 e. The van der Waals surface area contributed by atoms with E-state index in [4.69, 9.17) is 10.5 Å². The van der Waals surface area contributed by atoms with Crippen molar-refractivity contribution in [1.29, 1.82) is 0 Å². The summed E-state index contributed by atoms with van der Waals surface area (Å²) >= 11 is 0. The number of nitrogens with two attached hydrogens (primary N) is 1. The highest BCUT2D eigenvalue weighted by atomic mass is 16.5. The second-order valence-electron chi connectivity index (χ2n) is 7.36. The first-order valence-corrected chi connectivity index (χ1v) is 9.04. The molecule has 2 aromatic rings. The summed E-state index contributed by atoms with van der Waals surface area (Å²) in [5.41, 5.74) is 5.13. The van der Waals surface area contributed by atoms with Crippen LogP contribution < -0.4 is 10.5 Å². The minimum atomic E-state index is -1.26. The average molecular weight is 397 g/mol. The Morgan fingerprint density at radius 1 is 1.10 bits per heavy atom. The largest absolute Gasteiger partial charge is 0.507 e. The van der Waals surface area contributed by atoms with Crippen LogP contribution in [0.3, 0.4) is 0 Å². The molecule has 0 fully saturated rings. The summed E-state index contributed by atoms with van der Waals surface area (Å²) in [6.45, 7) is 1.37. The molecule has 0 amide bonds. The summed E-state index contributed by atoms with van der Waals surface area (Å²) in [6, 6.07) is 2.80. The summed E-state index contributed by atoms with van der Waals surface area (Å²) in [5.74, 6) is -3.07. The molecule has 0 aliphatic heterocycles. The van der Waals surface area contributed by atoms with E-state index >= 15 is 0 Å². The van der Waals surface area contributed by atoms with E-state index in [2.05, 4.69) is 0 Å². The van der Waals surface area contributed by atoms with Crippen molar-refractivity contribution in [3.8, 4) is 17.2 Å². The van der Waals surface area contributed by atoms with Crippen molar-refractivity contribution in [2.75, 3.05) is 12.8 Å². The highest BCUT2D eigenvalue weighted by Gasteiger charge is 2.42. The van der Waals surface area contributed by atoms with Crippen LogP contribution in [0, 0.1) is 5.92 Å². The van der Waals surface area contributed by atoms with Crippen LogP contribution in [0.5, 0.6) is 17.2 Å². The average Bonchev–Trinajstić information content (AvgIpc) is 2.67. The number of aliphatic hydroxyl groups excluding tert-OH is 1. The maximum atomic E-state index is 13.2. The summed E-state index contributed by atoms with van der Waals surface area (Å²) in [6.07, 6.45) is -1.16. The number of carbonyl (C=O) groups excluding carboxylic acids is 3. The highest BCUT2D eigenvalue weighted by Crippen LogP contribution is 2.50. The fourth-order valence-electron chi connectivity index (χ4n) is 4.30. The number of carbonyl (C=O) groups is 3. The number of aliphatic hydroxyl groups is 1. The molecular formula is C21H19NO7. The molecule has 8 heteroatoms. The Labute approximate surface area is 165 Å². The van der Waals surface area contributed by atoms with Gasteiger partial charge in [-0.05, 0) is 31.9 Å². The Kier molecular flexibility index (Phi) is 4.13. The van der Waals surface area contributed by atoms with Gasteiger partial charge in [-0.2, -0.15) is 0 Å². The molecule has 0 aromatic heterocycles. The molecule has 0 bridgehead atoms. The number of benzene rings is 2. The number of methoxy groups -OCH3 is 1. The van der Waals surface area contributed by atoms with Gasteiger partial charge in [0, 0.05) is 22.6 Å². The van der Waals surface area contributed by atoms with E-state index in [1.54, 1.807) is 0 Å². The zero-order valence-electron chi connectivity index (χ0n) is 15.8. The van der Waals surface area contributed by atoms with Crippen LogP contribution in [0.2, 0.25) is 0 Å². The number of rotatable bonds is 2. The fourth-order valence-corrected chi connectivity index (χ4v) is 4.30. The minimum absolute atomic E-state index is 0.0233. The lowest BCUT2D eigenvalue weighted by Gasteiger charge is -2.31. The molecule has 2 aliphatic carbocycles. The van der Waals surface area contributed by atoms with Crippen molar-refractivity contribution in [1.82, 2.24) is 0 Å². The smallest absolute Gasteiger partial charge is 0.200 e. The monoisotopic (exact) mass is 397 g/mol. The first-order chi connectivity index (χ1) is 13.7. The SMILES string of the molecule is COc1ccc2c(c1N)C(=O)c1c(O)c3c(c(O)c1C2=O)[C@H](O)C[C@H](C(C)=O)C3. The van der Waals surface area contributed by atoms with Gasteiger partial charge in [0.05, 0.1) is 35.6 Å². The first-order valence-electron chi connectivity index (χ1n) is 9.04. The zero-order valence-corrected chi connectivity index (χ0v) is 15.8. The van der Waals surface area contributed by atoms with E-state index in [1.807, 2.05) is 0 Å². The number of phenolic OH excluding ortho intramolecular Hbond substituents is 2. The van der Waals surface area contributed by atoms with Crippen molar-refractivity contribution in [2.45, 2.75) is 25.9 Å². The van der Waals surface area contributed by atoms with Crippen LogP contribution in [0.25, 0.3) is 0 Å². The van der Waals surface area contributed by atoms with Gasteiger partial charge >= 0.3 is 0 Å². The van der Waals surface area contributed by atoms with E-state index in [1.165, 1.54) is 26.2 Å². The van der Waals surface area contributed by atoms with Gasteiger partial charge in [-0.3, -0.25) is 14.4 Å². The van der Waals surface area contributed by atoms with Crippen LogP contribution in [0.15, 0.2) is 12.1 Å². The normalized spacial score (nSPS) is 20.0. The Hall–Kier alpha value is -3.39. The summed E-state index contributed by atoms with van der Waals surface area (Å²) < 4.78 is 5.11. The number of ether oxygens (including phenoxy) is 1. The Balaban J connectivity index is 2.02. The van der Waals surface area contributed by atoms with Gasteiger partial charge in [-0.1, -0.05) is 0 Å². The van der Waals surface area contributed by atoms with Gasteiger partial charge in [0.2, 0.25) is 5.78 Å². The van der Waals surface area contributed by atoms with E-state index in [-0.39, 0.29) is 63.4 Å². The molecule has 0 heterocycles. The number of hydrogen-bond acceptors (Lipinski definition) is 8. The number of Topliss-reactive ketones (excluding diaryl/α,β-unsaturated/α-hetero) is 1. The van der Waals surface area contributed by atoms with E-state index in [9.17, 15) is 29.7 Å². The molecule has 8 nitrogen and oxygen atoms in total. The van der Waals surface area contributed by atoms with Crippen molar-refractivity contribution < 1.29 is 34.4 Å². The van der Waals surface area contributed by atoms with Gasteiger partial charge in [0.1, 0.15) is 23.0 Å². The Morgan fingerprint density at radius 2 is 1.76 bits per heavy atom. The van der Waals surface area contributed by atoms with Gasteiger partial charge in [0.15, 0.2) is 5.78 Å². The van der Waals surface area contributed by atoms with Crippen LogP contribution in [-0.2, 0) is 11.2 Å². The number of nitrogen functional groups attached to an aromatic ring is 1. The van der Waals surface area contributed by atoms with Gasteiger partial charge in [0.25, 0.3) is 0 Å². The summed E-state index contributed by atoms with van der Waals surface area (Å²) in [5, 5.41) is 32.2.